The maximum atomic E-state index is 13.3. The zero-order valence-electron chi connectivity index (χ0n) is 18.7. The molecular weight excluding hydrogens is 444 g/mol. The van der Waals surface area contributed by atoms with Gasteiger partial charge < -0.3 is 19.9 Å². The molecule has 9 heteroatoms. The lowest BCUT2D eigenvalue weighted by Gasteiger charge is -2.25. The Kier molecular flexibility index (Phi) is 8.10. The van der Waals surface area contributed by atoms with Crippen molar-refractivity contribution >= 4 is 15.8 Å². The SMILES string of the molecule is COC(=O)C(N)(CC#CCN1CCOCC1)S(=O)(=O)c1ccc(-c2ccc(OC)cc2)cc1. The highest BCUT2D eigenvalue weighted by Gasteiger charge is 2.49. The third-order valence-electron chi connectivity index (χ3n) is 5.48. The van der Waals surface area contributed by atoms with Crippen molar-refractivity contribution in [1.82, 2.24) is 4.90 Å². The average molecular weight is 473 g/mol. The first-order valence-electron chi connectivity index (χ1n) is 10.4. The summed E-state index contributed by atoms with van der Waals surface area (Å²) in [6, 6.07) is 13.6. The first kappa shape index (κ1) is 24.7. The number of nitrogens with zero attached hydrogens (tertiary/aromatic N) is 1. The second-order valence-corrected chi connectivity index (χ2v) is 9.76. The molecule has 0 spiro atoms. The third-order valence-corrected chi connectivity index (χ3v) is 7.64. The van der Waals surface area contributed by atoms with Crippen LogP contribution in [0.5, 0.6) is 5.75 Å². The second kappa shape index (κ2) is 10.8. The van der Waals surface area contributed by atoms with Crippen LogP contribution < -0.4 is 10.5 Å². The number of ether oxygens (including phenoxy) is 3. The highest BCUT2D eigenvalue weighted by molar-refractivity contribution is 7.93. The van der Waals surface area contributed by atoms with Gasteiger partial charge in [-0.05, 0) is 35.4 Å². The van der Waals surface area contributed by atoms with Crippen LogP contribution in [0.1, 0.15) is 6.42 Å². The van der Waals surface area contributed by atoms with E-state index in [4.69, 9.17) is 19.9 Å². The number of hydrogen-bond donors (Lipinski definition) is 1. The number of benzene rings is 2. The van der Waals surface area contributed by atoms with Gasteiger partial charge in [-0.15, -0.1) is 0 Å². The maximum Gasteiger partial charge on any atom is 0.343 e. The van der Waals surface area contributed by atoms with Gasteiger partial charge in [-0.1, -0.05) is 36.1 Å². The summed E-state index contributed by atoms with van der Waals surface area (Å²) < 4.78 is 41.9. The van der Waals surface area contributed by atoms with Crippen LogP contribution in [0.3, 0.4) is 0 Å². The summed E-state index contributed by atoms with van der Waals surface area (Å²) >= 11 is 0. The Bertz CT molecular complexity index is 1110. The fraction of sp³-hybridized carbons (Fsp3) is 0.375. The van der Waals surface area contributed by atoms with E-state index in [0.29, 0.717) is 19.8 Å². The standard InChI is InChI=1S/C24H28N2O6S/c1-30-21-9-5-19(6-10-21)20-7-11-22(12-8-20)33(28,29)24(25,23(27)31-2)13-3-4-14-26-15-17-32-18-16-26/h5-12H,13-18,25H2,1-2H3. The van der Waals surface area contributed by atoms with Gasteiger partial charge in [0, 0.05) is 13.1 Å². The van der Waals surface area contributed by atoms with Gasteiger partial charge in [0.1, 0.15) is 5.75 Å². The summed E-state index contributed by atoms with van der Waals surface area (Å²) in [7, 11) is -1.59. The van der Waals surface area contributed by atoms with Crippen LogP contribution in [0, 0.1) is 11.8 Å². The highest BCUT2D eigenvalue weighted by atomic mass is 32.2. The molecule has 0 aromatic heterocycles. The predicted octanol–water partition coefficient (Wildman–Crippen LogP) is 1.69. The maximum absolute atomic E-state index is 13.3. The van der Waals surface area contributed by atoms with E-state index >= 15 is 0 Å². The van der Waals surface area contributed by atoms with E-state index in [1.54, 1.807) is 19.2 Å². The molecule has 2 N–H and O–H groups in total. The van der Waals surface area contributed by atoms with Gasteiger partial charge in [-0.2, -0.15) is 0 Å². The molecule has 1 saturated heterocycles. The Hall–Kier alpha value is -2.90. The molecule has 1 heterocycles. The van der Waals surface area contributed by atoms with Gasteiger partial charge >= 0.3 is 5.97 Å². The van der Waals surface area contributed by atoms with E-state index in [1.165, 1.54) is 12.1 Å². The minimum Gasteiger partial charge on any atom is -0.497 e. The lowest BCUT2D eigenvalue weighted by molar-refractivity contribution is -0.143. The van der Waals surface area contributed by atoms with Crippen molar-refractivity contribution in [1.29, 1.82) is 0 Å². The summed E-state index contributed by atoms with van der Waals surface area (Å²) in [6.07, 6.45) is -0.382. The first-order chi connectivity index (χ1) is 15.8. The number of sulfone groups is 1. The summed E-state index contributed by atoms with van der Waals surface area (Å²) in [6.45, 7) is 3.20. The fourth-order valence-corrected chi connectivity index (χ4v) is 4.87. The molecule has 8 nitrogen and oxygen atoms in total. The molecule has 2 aromatic carbocycles. The van der Waals surface area contributed by atoms with Crippen LogP contribution in [0.4, 0.5) is 0 Å². The molecule has 0 amide bonds. The molecule has 33 heavy (non-hydrogen) atoms. The molecule has 0 radical (unpaired) electrons. The van der Waals surface area contributed by atoms with Crippen LogP contribution in [-0.2, 0) is 24.1 Å². The lowest BCUT2D eigenvalue weighted by atomic mass is 10.1. The zero-order chi connectivity index (χ0) is 23.9. The normalized spacial score (nSPS) is 16.2. The summed E-state index contributed by atoms with van der Waals surface area (Å²) in [5, 5.41) is 0. The van der Waals surface area contributed by atoms with Crippen LogP contribution in [0.15, 0.2) is 53.4 Å². The summed E-state index contributed by atoms with van der Waals surface area (Å²) in [5.74, 6) is 5.34. The molecule has 1 aliphatic rings. The van der Waals surface area contributed by atoms with Gasteiger partial charge in [-0.25, -0.2) is 13.2 Å². The number of carbonyl (C=O) groups excluding carboxylic acids is 1. The number of methoxy groups -OCH3 is 2. The Morgan fingerprint density at radius 1 is 1.03 bits per heavy atom. The Balaban J connectivity index is 1.81. The van der Waals surface area contributed by atoms with Crippen molar-refractivity contribution in [2.75, 3.05) is 47.1 Å². The van der Waals surface area contributed by atoms with Crippen LogP contribution >= 0.6 is 0 Å². The van der Waals surface area contributed by atoms with Crippen molar-refractivity contribution in [3.8, 4) is 28.7 Å². The van der Waals surface area contributed by atoms with E-state index in [1.807, 2.05) is 24.3 Å². The molecule has 3 rings (SSSR count). The smallest absolute Gasteiger partial charge is 0.343 e. The Morgan fingerprint density at radius 3 is 2.15 bits per heavy atom. The average Bonchev–Trinajstić information content (AvgIpc) is 2.86. The predicted molar refractivity (Wildman–Crippen MR) is 124 cm³/mol. The number of morpholine rings is 1. The van der Waals surface area contributed by atoms with Gasteiger partial charge in [0.2, 0.25) is 14.7 Å². The van der Waals surface area contributed by atoms with E-state index in [0.717, 1.165) is 37.1 Å². The minimum atomic E-state index is -4.28. The minimum absolute atomic E-state index is 0.0809. The molecule has 1 aliphatic heterocycles. The molecule has 0 saturated carbocycles. The van der Waals surface area contributed by atoms with Gasteiger partial charge in [-0.3, -0.25) is 4.90 Å². The van der Waals surface area contributed by atoms with Crippen LogP contribution in [-0.4, -0.2) is 71.2 Å². The van der Waals surface area contributed by atoms with E-state index in [2.05, 4.69) is 16.7 Å². The summed E-state index contributed by atoms with van der Waals surface area (Å²) in [4.78, 5) is 12.1. The molecule has 176 valence electrons. The quantitative estimate of drug-likeness (QED) is 0.479. The van der Waals surface area contributed by atoms with Crippen molar-refractivity contribution in [2.45, 2.75) is 16.2 Å². The van der Waals surface area contributed by atoms with Crippen molar-refractivity contribution in [2.24, 2.45) is 5.73 Å². The van der Waals surface area contributed by atoms with Crippen molar-refractivity contribution in [3.63, 3.8) is 0 Å². The molecular formula is C24H28N2O6S. The fourth-order valence-electron chi connectivity index (χ4n) is 3.39. The van der Waals surface area contributed by atoms with E-state index in [9.17, 15) is 13.2 Å². The number of rotatable bonds is 7. The zero-order valence-corrected chi connectivity index (χ0v) is 19.6. The van der Waals surface area contributed by atoms with E-state index < -0.39 is 20.7 Å². The number of nitrogens with two attached hydrogens (primary N) is 1. The highest BCUT2D eigenvalue weighted by Crippen LogP contribution is 2.29. The topological polar surface area (TPSA) is 108 Å². The monoisotopic (exact) mass is 472 g/mol. The second-order valence-electron chi connectivity index (χ2n) is 7.56. The number of esters is 1. The van der Waals surface area contributed by atoms with Gasteiger partial charge in [0.15, 0.2) is 0 Å². The number of carbonyl (C=O) groups is 1. The number of hydrogen-bond acceptors (Lipinski definition) is 8. The Morgan fingerprint density at radius 2 is 1.61 bits per heavy atom. The van der Waals surface area contributed by atoms with E-state index in [-0.39, 0.29) is 11.3 Å². The molecule has 0 aliphatic carbocycles. The largest absolute Gasteiger partial charge is 0.497 e. The van der Waals surface area contributed by atoms with Gasteiger partial charge in [0.25, 0.3) is 0 Å². The van der Waals surface area contributed by atoms with Gasteiger partial charge in [0.05, 0.1) is 45.3 Å². The van der Waals surface area contributed by atoms with Crippen molar-refractivity contribution in [3.05, 3.63) is 48.5 Å². The molecule has 0 bridgehead atoms. The molecule has 1 atom stereocenters. The molecule has 1 unspecified atom stereocenters. The lowest BCUT2D eigenvalue weighted by Crippen LogP contribution is -2.55. The van der Waals surface area contributed by atoms with Crippen molar-refractivity contribution < 1.29 is 27.4 Å². The Labute approximate surface area is 194 Å². The first-order valence-corrected chi connectivity index (χ1v) is 11.9. The van der Waals surface area contributed by atoms with Crippen LogP contribution in [0.25, 0.3) is 11.1 Å². The third kappa shape index (κ3) is 5.54. The summed E-state index contributed by atoms with van der Waals surface area (Å²) in [5.41, 5.74) is 7.85. The molecule has 2 aromatic rings. The molecule has 1 fully saturated rings. The van der Waals surface area contributed by atoms with Crippen LogP contribution in [0.2, 0.25) is 0 Å².